The number of aliphatic carboxylic acids is 1. The van der Waals surface area contributed by atoms with Gasteiger partial charge in [0.2, 0.25) is 0 Å². The SMILES string of the molecule is Cn1cc(CC(=O)O)c2ccc(Cl)c(Cl)c21. The summed E-state index contributed by atoms with van der Waals surface area (Å²) in [7, 11) is 1.82. The lowest BCUT2D eigenvalue weighted by Gasteiger charge is -2.01. The summed E-state index contributed by atoms with van der Waals surface area (Å²) in [5, 5.41) is 10.6. The van der Waals surface area contributed by atoms with E-state index < -0.39 is 5.97 Å². The molecule has 5 heteroatoms. The summed E-state index contributed by atoms with van der Waals surface area (Å²) in [4.78, 5) is 10.7. The predicted octanol–water partition coefficient (Wildman–Crippen LogP) is 3.11. The average Bonchev–Trinajstić information content (AvgIpc) is 2.49. The van der Waals surface area contributed by atoms with Crippen LogP contribution in [0.1, 0.15) is 5.56 Å². The molecule has 1 aromatic heterocycles. The topological polar surface area (TPSA) is 42.2 Å². The highest BCUT2D eigenvalue weighted by atomic mass is 35.5. The number of aryl methyl sites for hydroxylation is 1. The third-order valence-electron chi connectivity index (χ3n) is 2.46. The Morgan fingerprint density at radius 2 is 2.12 bits per heavy atom. The molecule has 0 aliphatic heterocycles. The third kappa shape index (κ3) is 1.77. The molecule has 2 aromatic rings. The molecular weight excluding hydrogens is 249 g/mol. The van der Waals surface area contributed by atoms with E-state index >= 15 is 0 Å². The maximum Gasteiger partial charge on any atom is 0.307 e. The van der Waals surface area contributed by atoms with Crippen molar-refractivity contribution in [3.63, 3.8) is 0 Å². The van der Waals surface area contributed by atoms with E-state index in [9.17, 15) is 4.79 Å². The van der Waals surface area contributed by atoms with Gasteiger partial charge in [-0.3, -0.25) is 4.79 Å². The maximum absolute atomic E-state index is 10.7. The second kappa shape index (κ2) is 4.00. The van der Waals surface area contributed by atoms with Gasteiger partial charge in [-0.15, -0.1) is 0 Å². The fourth-order valence-electron chi connectivity index (χ4n) is 1.82. The van der Waals surface area contributed by atoms with Crippen LogP contribution in [0.15, 0.2) is 18.3 Å². The number of hydrogen-bond acceptors (Lipinski definition) is 1. The molecule has 1 N–H and O–H groups in total. The lowest BCUT2D eigenvalue weighted by atomic mass is 10.1. The van der Waals surface area contributed by atoms with Gasteiger partial charge in [-0.2, -0.15) is 0 Å². The Morgan fingerprint density at radius 1 is 1.44 bits per heavy atom. The van der Waals surface area contributed by atoms with Crippen LogP contribution in [0.3, 0.4) is 0 Å². The molecule has 2 rings (SSSR count). The first-order chi connectivity index (χ1) is 7.50. The number of carboxylic acid groups (broad SMARTS) is 1. The zero-order valence-electron chi connectivity index (χ0n) is 8.50. The summed E-state index contributed by atoms with van der Waals surface area (Å²) in [6.45, 7) is 0. The molecule has 16 heavy (non-hydrogen) atoms. The molecule has 0 bridgehead atoms. The number of nitrogens with zero attached hydrogens (tertiary/aromatic N) is 1. The van der Waals surface area contributed by atoms with Gasteiger partial charge < -0.3 is 9.67 Å². The molecule has 0 amide bonds. The molecule has 1 heterocycles. The van der Waals surface area contributed by atoms with Crippen molar-refractivity contribution in [3.8, 4) is 0 Å². The molecule has 0 spiro atoms. The van der Waals surface area contributed by atoms with E-state index in [0.29, 0.717) is 10.0 Å². The average molecular weight is 258 g/mol. The Balaban J connectivity index is 2.72. The van der Waals surface area contributed by atoms with Crippen molar-refractivity contribution in [2.75, 3.05) is 0 Å². The first-order valence-electron chi connectivity index (χ1n) is 4.64. The first kappa shape index (κ1) is 11.3. The highest BCUT2D eigenvalue weighted by Crippen LogP contribution is 2.33. The van der Waals surface area contributed by atoms with Crippen molar-refractivity contribution in [2.24, 2.45) is 7.05 Å². The molecule has 0 saturated carbocycles. The minimum absolute atomic E-state index is 0.0186. The van der Waals surface area contributed by atoms with Gasteiger partial charge in [0.15, 0.2) is 0 Å². The van der Waals surface area contributed by atoms with Gasteiger partial charge in [0.1, 0.15) is 0 Å². The Kier molecular flexibility index (Phi) is 2.82. The van der Waals surface area contributed by atoms with E-state index in [1.165, 1.54) is 0 Å². The van der Waals surface area contributed by atoms with Gasteiger partial charge in [0.25, 0.3) is 0 Å². The minimum atomic E-state index is -0.862. The zero-order valence-corrected chi connectivity index (χ0v) is 10.0. The minimum Gasteiger partial charge on any atom is -0.481 e. The predicted molar refractivity (Wildman–Crippen MR) is 64.3 cm³/mol. The van der Waals surface area contributed by atoms with Gasteiger partial charge in [0, 0.05) is 18.6 Å². The van der Waals surface area contributed by atoms with Gasteiger partial charge in [0.05, 0.1) is 22.0 Å². The Labute approximate surface area is 102 Å². The van der Waals surface area contributed by atoms with Crippen LogP contribution in [0.25, 0.3) is 10.9 Å². The van der Waals surface area contributed by atoms with Gasteiger partial charge in [-0.1, -0.05) is 29.3 Å². The normalized spacial score (nSPS) is 10.9. The lowest BCUT2D eigenvalue weighted by Crippen LogP contribution is -1.98. The molecule has 1 aromatic carbocycles. The van der Waals surface area contributed by atoms with Crippen LogP contribution in [-0.4, -0.2) is 15.6 Å². The van der Waals surface area contributed by atoms with E-state index in [2.05, 4.69) is 0 Å². The van der Waals surface area contributed by atoms with Crippen molar-refractivity contribution in [1.29, 1.82) is 0 Å². The number of aromatic nitrogens is 1. The lowest BCUT2D eigenvalue weighted by molar-refractivity contribution is -0.136. The quantitative estimate of drug-likeness (QED) is 0.899. The fraction of sp³-hybridized carbons (Fsp3) is 0.182. The van der Waals surface area contributed by atoms with Crippen LogP contribution in [0.4, 0.5) is 0 Å². The molecule has 0 saturated heterocycles. The summed E-state index contributed by atoms with van der Waals surface area (Å²) < 4.78 is 1.79. The zero-order chi connectivity index (χ0) is 11.9. The fourth-order valence-corrected chi connectivity index (χ4v) is 2.27. The second-order valence-corrected chi connectivity index (χ2v) is 4.38. The number of rotatable bonds is 2. The van der Waals surface area contributed by atoms with Crippen LogP contribution < -0.4 is 0 Å². The van der Waals surface area contributed by atoms with Gasteiger partial charge in [-0.25, -0.2) is 0 Å². The summed E-state index contributed by atoms with van der Waals surface area (Å²) in [6, 6.07) is 3.47. The largest absolute Gasteiger partial charge is 0.481 e. The number of fused-ring (bicyclic) bond motifs is 1. The molecule has 0 atom stereocenters. The van der Waals surface area contributed by atoms with Gasteiger partial charge >= 0.3 is 5.97 Å². The van der Waals surface area contributed by atoms with Crippen molar-refractivity contribution in [1.82, 2.24) is 4.57 Å². The smallest absolute Gasteiger partial charge is 0.307 e. The van der Waals surface area contributed by atoms with E-state index in [4.69, 9.17) is 28.3 Å². The maximum atomic E-state index is 10.7. The Morgan fingerprint density at radius 3 is 2.75 bits per heavy atom. The highest BCUT2D eigenvalue weighted by Gasteiger charge is 2.13. The summed E-state index contributed by atoms with van der Waals surface area (Å²) >= 11 is 12.0. The van der Waals surface area contributed by atoms with Crippen LogP contribution in [0.5, 0.6) is 0 Å². The van der Waals surface area contributed by atoms with Crippen LogP contribution in [0.2, 0.25) is 10.0 Å². The second-order valence-electron chi connectivity index (χ2n) is 3.59. The van der Waals surface area contributed by atoms with E-state index in [1.54, 1.807) is 22.9 Å². The van der Waals surface area contributed by atoms with Gasteiger partial charge in [-0.05, 0) is 11.6 Å². The number of benzene rings is 1. The number of halogens is 2. The van der Waals surface area contributed by atoms with E-state index in [1.807, 2.05) is 7.05 Å². The number of carbonyl (C=O) groups is 1. The molecule has 0 fully saturated rings. The van der Waals surface area contributed by atoms with Crippen LogP contribution >= 0.6 is 23.2 Å². The molecule has 84 valence electrons. The molecule has 0 aliphatic carbocycles. The number of hydrogen-bond donors (Lipinski definition) is 1. The van der Waals surface area contributed by atoms with Crippen molar-refractivity contribution < 1.29 is 9.90 Å². The number of carboxylic acids is 1. The molecule has 3 nitrogen and oxygen atoms in total. The highest BCUT2D eigenvalue weighted by molar-refractivity contribution is 6.45. The summed E-state index contributed by atoms with van der Waals surface area (Å²) in [5.74, 6) is -0.862. The van der Waals surface area contributed by atoms with E-state index in [0.717, 1.165) is 16.5 Å². The third-order valence-corrected chi connectivity index (χ3v) is 3.25. The first-order valence-corrected chi connectivity index (χ1v) is 5.40. The van der Waals surface area contributed by atoms with Crippen molar-refractivity contribution >= 4 is 40.1 Å². The summed E-state index contributed by atoms with van der Waals surface area (Å²) in [6.07, 6.45) is 1.75. The van der Waals surface area contributed by atoms with Crippen molar-refractivity contribution in [3.05, 3.63) is 33.9 Å². The van der Waals surface area contributed by atoms with Crippen LogP contribution in [0, 0.1) is 0 Å². The Bertz CT molecular complexity index is 575. The standard InChI is InChI=1S/C11H9Cl2NO2/c1-14-5-6(4-9(15)16)7-2-3-8(12)10(13)11(7)14/h2-3,5H,4H2,1H3,(H,15,16). The van der Waals surface area contributed by atoms with Crippen LogP contribution in [-0.2, 0) is 18.3 Å². The molecule has 0 radical (unpaired) electrons. The molecular formula is C11H9Cl2NO2. The molecule has 0 aliphatic rings. The summed E-state index contributed by atoms with van der Waals surface area (Å²) in [5.41, 5.74) is 1.51. The van der Waals surface area contributed by atoms with E-state index in [-0.39, 0.29) is 6.42 Å². The Hall–Kier alpha value is -1.19. The molecule has 0 unspecified atom stereocenters. The van der Waals surface area contributed by atoms with Crippen molar-refractivity contribution in [2.45, 2.75) is 6.42 Å². The monoisotopic (exact) mass is 257 g/mol.